The number of aromatic hydroxyl groups is 1. The smallest absolute Gasteiger partial charge is 0.123 e. The molecule has 0 saturated carbocycles. The number of benzene rings is 9. The first-order valence-corrected chi connectivity index (χ1v) is 16.1. The molecule has 1 N–H and O–H groups in total. The Labute approximate surface area is 273 Å². The summed E-state index contributed by atoms with van der Waals surface area (Å²) in [5, 5.41) is 19.9. The van der Waals surface area contributed by atoms with E-state index in [-0.39, 0.29) is 0 Å². The van der Waals surface area contributed by atoms with E-state index >= 15 is 0 Å². The molecule has 1 nitrogen and oxygen atoms in total. The zero-order valence-corrected chi connectivity index (χ0v) is 25.7. The zero-order chi connectivity index (χ0) is 31.3. The van der Waals surface area contributed by atoms with Crippen LogP contribution < -0.4 is 0 Å². The summed E-state index contributed by atoms with van der Waals surface area (Å²) in [5.41, 5.74) is 9.61. The maximum absolute atomic E-state index is 10.4. The third-order valence-corrected chi connectivity index (χ3v) is 9.59. The third-order valence-electron chi connectivity index (χ3n) is 9.59. The van der Waals surface area contributed by atoms with Crippen LogP contribution in [0.2, 0.25) is 0 Å². The minimum atomic E-state index is 0.308. The molecule has 0 aliphatic heterocycles. The van der Waals surface area contributed by atoms with Gasteiger partial charge in [0.25, 0.3) is 0 Å². The molecule has 220 valence electrons. The van der Waals surface area contributed by atoms with Gasteiger partial charge in [0.05, 0.1) is 0 Å². The van der Waals surface area contributed by atoms with E-state index in [2.05, 4.69) is 152 Å². The summed E-state index contributed by atoms with van der Waals surface area (Å²) in [5.74, 6) is 0.308. The van der Waals surface area contributed by atoms with Gasteiger partial charge in [0, 0.05) is 5.39 Å². The molecule has 0 saturated heterocycles. The van der Waals surface area contributed by atoms with Gasteiger partial charge in [0.1, 0.15) is 5.75 Å². The SMILES string of the molecule is Oc1cccc2c(-c3ccc(-c4c5ccccc5c(-c5ccc(-c6cccc7ccccc67)cc5)c5ccccc45)cc3)cccc12. The summed E-state index contributed by atoms with van der Waals surface area (Å²) in [4.78, 5) is 0. The summed E-state index contributed by atoms with van der Waals surface area (Å²) in [6, 6.07) is 62.6. The van der Waals surface area contributed by atoms with Crippen LogP contribution in [0.1, 0.15) is 0 Å². The van der Waals surface area contributed by atoms with E-state index in [4.69, 9.17) is 0 Å². The predicted molar refractivity (Wildman–Crippen MR) is 200 cm³/mol. The molecule has 0 radical (unpaired) electrons. The molecule has 9 aromatic rings. The molecule has 9 aromatic carbocycles. The fourth-order valence-electron chi connectivity index (χ4n) is 7.41. The number of phenols is 1. The van der Waals surface area contributed by atoms with Gasteiger partial charge in [-0.15, -0.1) is 0 Å². The fourth-order valence-corrected chi connectivity index (χ4v) is 7.41. The zero-order valence-electron chi connectivity index (χ0n) is 25.7. The van der Waals surface area contributed by atoms with Gasteiger partial charge in [-0.25, -0.2) is 0 Å². The normalized spacial score (nSPS) is 11.5. The molecule has 0 unspecified atom stereocenters. The molecule has 9 rings (SSSR count). The van der Waals surface area contributed by atoms with Crippen molar-refractivity contribution in [3.05, 3.63) is 176 Å². The van der Waals surface area contributed by atoms with Crippen molar-refractivity contribution >= 4 is 43.1 Å². The summed E-state index contributed by atoms with van der Waals surface area (Å²) >= 11 is 0. The van der Waals surface area contributed by atoms with Gasteiger partial charge in [-0.2, -0.15) is 0 Å². The maximum atomic E-state index is 10.4. The Morgan fingerprint density at radius 1 is 0.255 bits per heavy atom. The molecule has 0 aromatic heterocycles. The van der Waals surface area contributed by atoms with E-state index in [1.54, 1.807) is 6.07 Å². The van der Waals surface area contributed by atoms with Crippen LogP contribution in [-0.2, 0) is 0 Å². The average Bonchev–Trinajstić information content (AvgIpc) is 3.14. The van der Waals surface area contributed by atoms with Crippen LogP contribution in [0.25, 0.3) is 87.6 Å². The molecule has 0 aliphatic rings. The Balaban J connectivity index is 1.19. The predicted octanol–water partition coefficient (Wildman–Crippen LogP) is 12.7. The van der Waals surface area contributed by atoms with Gasteiger partial charge in [-0.05, 0) is 88.3 Å². The lowest BCUT2D eigenvalue weighted by molar-refractivity contribution is 0.481. The first-order valence-electron chi connectivity index (χ1n) is 16.1. The lowest BCUT2D eigenvalue weighted by atomic mass is 9.85. The number of phenolic OH excluding ortho intramolecular Hbond substituents is 1. The van der Waals surface area contributed by atoms with E-state index in [1.807, 2.05) is 18.2 Å². The second-order valence-corrected chi connectivity index (χ2v) is 12.2. The van der Waals surface area contributed by atoms with Gasteiger partial charge < -0.3 is 5.11 Å². The highest BCUT2D eigenvalue weighted by Crippen LogP contribution is 2.44. The highest BCUT2D eigenvalue weighted by Gasteiger charge is 2.17. The Hall–Kier alpha value is -6.18. The molecule has 0 fully saturated rings. The van der Waals surface area contributed by atoms with Gasteiger partial charge in [0.2, 0.25) is 0 Å². The lowest BCUT2D eigenvalue weighted by Gasteiger charge is -2.18. The topological polar surface area (TPSA) is 20.2 Å². The van der Waals surface area contributed by atoms with Crippen LogP contribution in [0.3, 0.4) is 0 Å². The molecule has 0 atom stereocenters. The molecule has 0 amide bonds. The molecule has 1 heteroatoms. The van der Waals surface area contributed by atoms with Crippen molar-refractivity contribution in [3.8, 4) is 50.3 Å². The van der Waals surface area contributed by atoms with Crippen molar-refractivity contribution < 1.29 is 5.11 Å². The highest BCUT2D eigenvalue weighted by atomic mass is 16.3. The summed E-state index contributed by atoms with van der Waals surface area (Å²) in [6.07, 6.45) is 0. The quantitative estimate of drug-likeness (QED) is 0.200. The van der Waals surface area contributed by atoms with Crippen LogP contribution in [0.5, 0.6) is 5.75 Å². The van der Waals surface area contributed by atoms with E-state index in [1.165, 1.54) is 65.7 Å². The first-order chi connectivity index (χ1) is 23.2. The minimum absolute atomic E-state index is 0.308. The van der Waals surface area contributed by atoms with Crippen molar-refractivity contribution in [1.29, 1.82) is 0 Å². The monoisotopic (exact) mass is 598 g/mol. The molecule has 47 heavy (non-hydrogen) atoms. The molecular formula is C46H30O. The van der Waals surface area contributed by atoms with E-state index in [0.717, 1.165) is 21.9 Å². The van der Waals surface area contributed by atoms with Crippen LogP contribution in [0.4, 0.5) is 0 Å². The molecule has 0 bridgehead atoms. The first kappa shape index (κ1) is 27.2. The average molecular weight is 599 g/mol. The van der Waals surface area contributed by atoms with Crippen LogP contribution in [0.15, 0.2) is 176 Å². The molecular weight excluding hydrogens is 569 g/mol. The van der Waals surface area contributed by atoms with E-state index < -0.39 is 0 Å². The van der Waals surface area contributed by atoms with Crippen molar-refractivity contribution in [2.45, 2.75) is 0 Å². The third kappa shape index (κ3) is 4.47. The lowest BCUT2D eigenvalue weighted by Crippen LogP contribution is -1.91. The van der Waals surface area contributed by atoms with E-state index in [0.29, 0.717) is 5.75 Å². The van der Waals surface area contributed by atoms with Gasteiger partial charge >= 0.3 is 0 Å². The Morgan fingerprint density at radius 2 is 0.617 bits per heavy atom. The number of rotatable bonds is 4. The van der Waals surface area contributed by atoms with Crippen LogP contribution in [-0.4, -0.2) is 5.11 Å². The molecule has 0 spiro atoms. The van der Waals surface area contributed by atoms with E-state index in [9.17, 15) is 5.11 Å². The minimum Gasteiger partial charge on any atom is -0.507 e. The van der Waals surface area contributed by atoms with Crippen molar-refractivity contribution in [3.63, 3.8) is 0 Å². The Kier molecular flexibility index (Phi) is 6.36. The number of hydrogen-bond acceptors (Lipinski definition) is 1. The standard InChI is InChI=1S/C46H30O/c47-44-21-9-19-38-37(18-8-20-39(38)44)32-24-28-34(29-25-32)46-42-15-5-3-13-40(42)45(41-14-4-6-16-43(41)46)33-26-22-31(23-27-33)36-17-7-11-30-10-1-2-12-35(30)36/h1-29,47H. The largest absolute Gasteiger partial charge is 0.507 e. The maximum Gasteiger partial charge on any atom is 0.123 e. The highest BCUT2D eigenvalue weighted by molar-refractivity contribution is 6.21. The Bertz CT molecular complexity index is 2550. The van der Waals surface area contributed by atoms with Gasteiger partial charge in [-0.1, -0.05) is 170 Å². The number of fused-ring (bicyclic) bond motifs is 4. The molecule has 0 heterocycles. The Morgan fingerprint density at radius 3 is 1.17 bits per heavy atom. The van der Waals surface area contributed by atoms with Crippen molar-refractivity contribution in [2.75, 3.05) is 0 Å². The van der Waals surface area contributed by atoms with Crippen LogP contribution in [0, 0.1) is 0 Å². The van der Waals surface area contributed by atoms with Crippen LogP contribution >= 0.6 is 0 Å². The van der Waals surface area contributed by atoms with Crippen molar-refractivity contribution in [1.82, 2.24) is 0 Å². The fraction of sp³-hybridized carbons (Fsp3) is 0. The van der Waals surface area contributed by atoms with Gasteiger partial charge in [0.15, 0.2) is 0 Å². The molecule has 0 aliphatic carbocycles. The summed E-state index contributed by atoms with van der Waals surface area (Å²) in [6.45, 7) is 0. The van der Waals surface area contributed by atoms with Crippen molar-refractivity contribution in [2.24, 2.45) is 0 Å². The second-order valence-electron chi connectivity index (χ2n) is 12.2. The second kappa shape index (κ2) is 11.0. The summed E-state index contributed by atoms with van der Waals surface area (Å²) in [7, 11) is 0. The van der Waals surface area contributed by atoms with Gasteiger partial charge in [-0.3, -0.25) is 0 Å². The summed E-state index contributed by atoms with van der Waals surface area (Å²) < 4.78 is 0. The number of hydrogen-bond donors (Lipinski definition) is 1.